The van der Waals surface area contributed by atoms with Crippen LogP contribution in [0.4, 0.5) is 0 Å². The molecule has 0 aliphatic carbocycles. The van der Waals surface area contributed by atoms with Crippen molar-refractivity contribution >= 4 is 27.3 Å². The highest BCUT2D eigenvalue weighted by molar-refractivity contribution is 9.11. The average molecular weight is 296 g/mol. The molecular weight excluding hydrogens is 282 g/mol. The van der Waals surface area contributed by atoms with Crippen molar-refractivity contribution in [1.82, 2.24) is 4.98 Å². The Balaban J connectivity index is 2.33. The van der Waals surface area contributed by atoms with E-state index in [0.29, 0.717) is 0 Å². The van der Waals surface area contributed by atoms with E-state index >= 15 is 0 Å². The summed E-state index contributed by atoms with van der Waals surface area (Å²) in [7, 11) is 0. The molecule has 0 unspecified atom stereocenters. The number of hydrogen-bond acceptors (Lipinski definition) is 2. The first-order chi connectivity index (χ1) is 7.47. The van der Waals surface area contributed by atoms with Crippen molar-refractivity contribution in [2.75, 3.05) is 0 Å². The van der Waals surface area contributed by atoms with Crippen LogP contribution in [0.1, 0.15) is 26.3 Å². The summed E-state index contributed by atoms with van der Waals surface area (Å²) in [5.41, 5.74) is 3.78. The number of hydrogen-bond donors (Lipinski definition) is 0. The van der Waals surface area contributed by atoms with Crippen molar-refractivity contribution in [2.45, 2.75) is 26.2 Å². The SMILES string of the molecule is CC(C)(C)c1ccc(-c2csc(Br)n2)cc1. The van der Waals surface area contributed by atoms with Crippen LogP contribution in [0, 0.1) is 0 Å². The van der Waals surface area contributed by atoms with Crippen LogP contribution < -0.4 is 0 Å². The van der Waals surface area contributed by atoms with E-state index in [2.05, 4.69) is 71.3 Å². The first-order valence-electron chi connectivity index (χ1n) is 5.19. The molecule has 1 aromatic carbocycles. The summed E-state index contributed by atoms with van der Waals surface area (Å²) in [4.78, 5) is 4.41. The normalized spacial score (nSPS) is 11.8. The minimum absolute atomic E-state index is 0.210. The largest absolute Gasteiger partial charge is 0.229 e. The van der Waals surface area contributed by atoms with Gasteiger partial charge < -0.3 is 0 Å². The Morgan fingerprint density at radius 3 is 2.19 bits per heavy atom. The Morgan fingerprint density at radius 1 is 1.12 bits per heavy atom. The standard InChI is InChI=1S/C13H14BrNS/c1-13(2,3)10-6-4-9(5-7-10)11-8-16-12(14)15-11/h4-8H,1-3H3. The van der Waals surface area contributed by atoms with Gasteiger partial charge in [0.25, 0.3) is 0 Å². The zero-order valence-electron chi connectivity index (χ0n) is 9.62. The molecule has 0 atom stereocenters. The number of rotatable bonds is 1. The molecule has 1 aromatic heterocycles. The molecule has 16 heavy (non-hydrogen) atoms. The second kappa shape index (κ2) is 4.30. The molecule has 0 bridgehead atoms. The first kappa shape index (κ1) is 11.8. The highest BCUT2D eigenvalue weighted by Gasteiger charge is 2.13. The molecule has 0 saturated heterocycles. The predicted molar refractivity (Wildman–Crippen MR) is 74.0 cm³/mol. The van der Waals surface area contributed by atoms with E-state index in [1.54, 1.807) is 11.3 Å². The lowest BCUT2D eigenvalue weighted by molar-refractivity contribution is 0.590. The highest BCUT2D eigenvalue weighted by atomic mass is 79.9. The summed E-state index contributed by atoms with van der Waals surface area (Å²) in [6, 6.07) is 8.65. The Morgan fingerprint density at radius 2 is 1.75 bits per heavy atom. The first-order valence-corrected chi connectivity index (χ1v) is 6.86. The molecule has 84 valence electrons. The number of nitrogens with zero attached hydrogens (tertiary/aromatic N) is 1. The molecule has 0 radical (unpaired) electrons. The van der Waals surface area contributed by atoms with Gasteiger partial charge in [-0.2, -0.15) is 0 Å². The Labute approximate surface area is 109 Å². The van der Waals surface area contributed by atoms with E-state index in [9.17, 15) is 0 Å². The maximum absolute atomic E-state index is 4.41. The van der Waals surface area contributed by atoms with Gasteiger partial charge in [-0.3, -0.25) is 0 Å². The van der Waals surface area contributed by atoms with Gasteiger partial charge in [-0.15, -0.1) is 11.3 Å². The van der Waals surface area contributed by atoms with Gasteiger partial charge in [0.2, 0.25) is 0 Å². The molecule has 0 aliphatic rings. The topological polar surface area (TPSA) is 12.9 Å². The maximum atomic E-state index is 4.41. The lowest BCUT2D eigenvalue weighted by atomic mass is 9.86. The summed E-state index contributed by atoms with van der Waals surface area (Å²) in [5.74, 6) is 0. The van der Waals surface area contributed by atoms with Gasteiger partial charge in [0.1, 0.15) is 0 Å². The fourth-order valence-corrected chi connectivity index (χ4v) is 2.55. The van der Waals surface area contributed by atoms with Crippen LogP contribution in [0.25, 0.3) is 11.3 Å². The van der Waals surface area contributed by atoms with Crippen LogP contribution in [-0.2, 0) is 5.41 Å². The van der Waals surface area contributed by atoms with Gasteiger partial charge in [0, 0.05) is 10.9 Å². The molecule has 0 N–H and O–H groups in total. The van der Waals surface area contributed by atoms with Gasteiger partial charge in [-0.05, 0) is 26.9 Å². The summed E-state index contributed by atoms with van der Waals surface area (Å²) in [5, 5.41) is 2.07. The number of thiazole rings is 1. The van der Waals surface area contributed by atoms with Crippen molar-refractivity contribution in [1.29, 1.82) is 0 Å². The second-order valence-corrected chi connectivity index (χ2v) is 6.95. The molecule has 2 aromatic rings. The molecule has 0 fully saturated rings. The Kier molecular flexibility index (Phi) is 3.17. The van der Waals surface area contributed by atoms with E-state index < -0.39 is 0 Å². The molecule has 1 nitrogen and oxygen atoms in total. The molecule has 1 heterocycles. The molecular formula is C13H14BrNS. The van der Waals surface area contributed by atoms with Crippen molar-refractivity contribution in [3.8, 4) is 11.3 Å². The maximum Gasteiger partial charge on any atom is 0.159 e. The van der Waals surface area contributed by atoms with Gasteiger partial charge in [-0.25, -0.2) is 4.98 Å². The average Bonchev–Trinajstić information content (AvgIpc) is 2.64. The number of benzene rings is 1. The Hall–Kier alpha value is -0.670. The fourth-order valence-electron chi connectivity index (χ4n) is 1.53. The Bertz CT molecular complexity index is 479. The van der Waals surface area contributed by atoms with Crippen LogP contribution in [0.5, 0.6) is 0 Å². The third-order valence-electron chi connectivity index (χ3n) is 2.52. The number of halogens is 1. The lowest BCUT2D eigenvalue weighted by Crippen LogP contribution is -2.10. The molecule has 0 amide bonds. The van der Waals surface area contributed by atoms with Gasteiger partial charge in [0.15, 0.2) is 3.92 Å². The van der Waals surface area contributed by atoms with Crippen molar-refractivity contribution in [2.24, 2.45) is 0 Å². The summed E-state index contributed by atoms with van der Waals surface area (Å²) >= 11 is 5.00. The van der Waals surface area contributed by atoms with Crippen molar-refractivity contribution in [3.05, 3.63) is 39.1 Å². The van der Waals surface area contributed by atoms with Crippen LogP contribution in [0.2, 0.25) is 0 Å². The van der Waals surface area contributed by atoms with Crippen LogP contribution in [0.3, 0.4) is 0 Å². The smallest absolute Gasteiger partial charge is 0.159 e. The minimum Gasteiger partial charge on any atom is -0.229 e. The quantitative estimate of drug-likeness (QED) is 0.731. The molecule has 2 rings (SSSR count). The fraction of sp³-hybridized carbons (Fsp3) is 0.308. The second-order valence-electron chi connectivity index (χ2n) is 4.81. The molecule has 0 spiro atoms. The van der Waals surface area contributed by atoms with Crippen LogP contribution in [0.15, 0.2) is 33.6 Å². The summed E-state index contributed by atoms with van der Waals surface area (Å²) in [6.07, 6.45) is 0. The third kappa shape index (κ3) is 2.53. The summed E-state index contributed by atoms with van der Waals surface area (Å²) in [6.45, 7) is 6.67. The molecule has 0 saturated carbocycles. The van der Waals surface area contributed by atoms with E-state index in [1.165, 1.54) is 11.1 Å². The summed E-state index contributed by atoms with van der Waals surface area (Å²) < 4.78 is 0.933. The zero-order chi connectivity index (χ0) is 11.8. The monoisotopic (exact) mass is 295 g/mol. The number of aromatic nitrogens is 1. The zero-order valence-corrected chi connectivity index (χ0v) is 12.0. The van der Waals surface area contributed by atoms with Crippen LogP contribution >= 0.6 is 27.3 Å². The van der Waals surface area contributed by atoms with Gasteiger partial charge in [-0.1, -0.05) is 45.0 Å². The van der Waals surface area contributed by atoms with E-state index in [0.717, 1.165) is 9.61 Å². The van der Waals surface area contributed by atoms with Gasteiger partial charge >= 0.3 is 0 Å². The lowest BCUT2D eigenvalue weighted by Gasteiger charge is -2.18. The van der Waals surface area contributed by atoms with Crippen molar-refractivity contribution < 1.29 is 0 Å². The predicted octanol–water partition coefficient (Wildman–Crippen LogP) is 4.87. The molecule has 0 aliphatic heterocycles. The minimum atomic E-state index is 0.210. The van der Waals surface area contributed by atoms with Gasteiger partial charge in [0.05, 0.1) is 5.69 Å². The van der Waals surface area contributed by atoms with Crippen LogP contribution in [-0.4, -0.2) is 4.98 Å². The molecule has 3 heteroatoms. The third-order valence-corrected chi connectivity index (χ3v) is 3.89. The van der Waals surface area contributed by atoms with E-state index in [-0.39, 0.29) is 5.41 Å². The van der Waals surface area contributed by atoms with E-state index in [1.807, 2.05) is 0 Å². The van der Waals surface area contributed by atoms with E-state index in [4.69, 9.17) is 0 Å². The van der Waals surface area contributed by atoms with Crippen molar-refractivity contribution in [3.63, 3.8) is 0 Å². The highest BCUT2D eigenvalue weighted by Crippen LogP contribution is 2.28.